The highest BCUT2D eigenvalue weighted by Gasteiger charge is 2.31. The lowest BCUT2D eigenvalue weighted by Crippen LogP contribution is -2.38. The second-order valence-electron chi connectivity index (χ2n) is 8.94. The summed E-state index contributed by atoms with van der Waals surface area (Å²) in [6.07, 6.45) is 1.64. The number of carbonyl (C=O) groups is 1. The lowest BCUT2D eigenvalue weighted by molar-refractivity contribution is -0.152. The number of ether oxygens (including phenoxy) is 1. The average molecular weight is 459 g/mol. The number of nitrogens with one attached hydrogen (secondary N) is 1. The summed E-state index contributed by atoms with van der Waals surface area (Å²) in [5.41, 5.74) is 2.35. The van der Waals surface area contributed by atoms with Crippen LogP contribution in [0.2, 0.25) is 0 Å². The molecular weight excluding hydrogens is 428 g/mol. The van der Waals surface area contributed by atoms with E-state index in [0.29, 0.717) is 11.6 Å². The van der Waals surface area contributed by atoms with Crippen molar-refractivity contribution >= 4 is 17.1 Å². The minimum absolute atomic E-state index is 0.142. The molecule has 1 heterocycles. The van der Waals surface area contributed by atoms with E-state index in [1.165, 1.54) is 5.56 Å². The van der Waals surface area contributed by atoms with E-state index in [9.17, 15) is 9.90 Å². The molecule has 3 aromatic carbocycles. The average Bonchev–Trinajstić information content (AvgIpc) is 3.26. The van der Waals surface area contributed by atoms with Gasteiger partial charge in [0.15, 0.2) is 11.2 Å². The third-order valence-electron chi connectivity index (χ3n) is 5.89. The van der Waals surface area contributed by atoms with Gasteiger partial charge in [-0.2, -0.15) is 0 Å². The van der Waals surface area contributed by atoms with E-state index in [2.05, 4.69) is 17.4 Å². The topological polar surface area (TPSA) is 84.6 Å². The molecule has 0 bridgehead atoms. The number of aliphatic carboxylic acids is 1. The van der Waals surface area contributed by atoms with Crippen LogP contribution in [0.1, 0.15) is 56.3 Å². The summed E-state index contributed by atoms with van der Waals surface area (Å²) >= 11 is 0. The first-order chi connectivity index (χ1) is 16.3. The number of para-hydroxylation sites is 3. The Labute approximate surface area is 199 Å². The Kier molecular flexibility index (Phi) is 6.98. The van der Waals surface area contributed by atoms with E-state index in [4.69, 9.17) is 14.1 Å². The van der Waals surface area contributed by atoms with Gasteiger partial charge in [-0.3, -0.25) is 5.32 Å². The summed E-state index contributed by atoms with van der Waals surface area (Å²) in [6.45, 7) is 5.13. The summed E-state index contributed by atoms with van der Waals surface area (Å²) < 4.78 is 12.0. The first-order valence-electron chi connectivity index (χ1n) is 11.5. The van der Waals surface area contributed by atoms with E-state index >= 15 is 0 Å². The van der Waals surface area contributed by atoms with Crippen LogP contribution in [0.25, 0.3) is 11.1 Å². The van der Waals surface area contributed by atoms with Gasteiger partial charge in [0.2, 0.25) is 5.89 Å². The largest absolute Gasteiger partial charge is 0.478 e. The number of aryl methyl sites for hydroxylation is 1. The van der Waals surface area contributed by atoms with Gasteiger partial charge in [-0.05, 0) is 57.4 Å². The summed E-state index contributed by atoms with van der Waals surface area (Å²) in [5, 5.41) is 13.2. The number of carboxylic acids is 1. The molecule has 6 heteroatoms. The molecular formula is C28H30N2O4. The van der Waals surface area contributed by atoms with Crippen molar-refractivity contribution in [1.29, 1.82) is 0 Å². The smallest absolute Gasteiger partial charge is 0.347 e. The Hall–Kier alpha value is -3.64. The van der Waals surface area contributed by atoms with Crippen LogP contribution in [0.3, 0.4) is 0 Å². The lowest BCUT2D eigenvalue weighted by Gasteiger charge is -2.27. The van der Waals surface area contributed by atoms with Crippen LogP contribution in [0.4, 0.5) is 0 Å². The minimum atomic E-state index is -1.34. The normalized spacial score (nSPS) is 13.5. The zero-order valence-electron chi connectivity index (χ0n) is 19.7. The predicted molar refractivity (Wildman–Crippen MR) is 132 cm³/mol. The Bertz CT molecular complexity index is 1220. The number of oxazole rings is 1. The first-order valence-corrected chi connectivity index (χ1v) is 11.5. The van der Waals surface area contributed by atoms with Crippen LogP contribution in [0.5, 0.6) is 5.75 Å². The van der Waals surface area contributed by atoms with Gasteiger partial charge in [0, 0.05) is 11.6 Å². The number of hydrogen-bond acceptors (Lipinski definition) is 5. The van der Waals surface area contributed by atoms with E-state index in [0.717, 1.165) is 29.5 Å². The van der Waals surface area contributed by atoms with Gasteiger partial charge in [-0.25, -0.2) is 9.78 Å². The van der Waals surface area contributed by atoms with Crippen LogP contribution >= 0.6 is 0 Å². The molecule has 2 unspecified atom stereocenters. The Balaban J connectivity index is 1.60. The summed E-state index contributed by atoms with van der Waals surface area (Å²) in [6, 6.07) is 25.3. The fourth-order valence-electron chi connectivity index (χ4n) is 3.91. The van der Waals surface area contributed by atoms with Crippen LogP contribution in [-0.4, -0.2) is 21.7 Å². The van der Waals surface area contributed by atoms with E-state index in [-0.39, 0.29) is 12.1 Å². The molecule has 0 saturated heterocycles. The van der Waals surface area contributed by atoms with Crippen molar-refractivity contribution in [2.45, 2.75) is 51.3 Å². The van der Waals surface area contributed by atoms with Crippen molar-refractivity contribution in [3.63, 3.8) is 0 Å². The van der Waals surface area contributed by atoms with E-state index in [1.807, 2.05) is 67.6 Å². The third-order valence-corrected chi connectivity index (χ3v) is 5.89. The molecule has 0 aliphatic heterocycles. The minimum Gasteiger partial charge on any atom is -0.478 e. The number of rotatable bonds is 10. The van der Waals surface area contributed by atoms with Gasteiger partial charge in [0.1, 0.15) is 11.3 Å². The summed E-state index contributed by atoms with van der Waals surface area (Å²) in [5.74, 6) is 0.151. The fraction of sp³-hybridized carbons (Fsp3) is 0.286. The van der Waals surface area contributed by atoms with Crippen molar-refractivity contribution in [2.24, 2.45) is 0 Å². The standard InChI is InChI=1S/C28H30N2O4/c1-19(21-13-7-9-15-24(21)34-28(2,3)27(31)32)29-23(18-17-20-11-5-4-6-12-20)26-30-22-14-8-10-16-25(22)33-26/h4-16,19,23,29H,17-18H2,1-3H3,(H,31,32). The Morgan fingerprint density at radius 1 is 1.03 bits per heavy atom. The van der Waals surface area contributed by atoms with Gasteiger partial charge in [-0.15, -0.1) is 0 Å². The second kappa shape index (κ2) is 10.1. The molecule has 6 nitrogen and oxygen atoms in total. The van der Waals surface area contributed by atoms with Gasteiger partial charge >= 0.3 is 5.97 Å². The zero-order valence-corrected chi connectivity index (χ0v) is 19.7. The van der Waals surface area contributed by atoms with Crippen molar-refractivity contribution in [3.05, 3.63) is 95.9 Å². The molecule has 4 rings (SSSR count). The van der Waals surface area contributed by atoms with Crippen molar-refractivity contribution < 1.29 is 19.1 Å². The molecule has 176 valence electrons. The molecule has 34 heavy (non-hydrogen) atoms. The van der Waals surface area contributed by atoms with Crippen molar-refractivity contribution in [3.8, 4) is 5.75 Å². The highest BCUT2D eigenvalue weighted by atomic mass is 16.5. The molecule has 0 saturated carbocycles. The zero-order chi connectivity index (χ0) is 24.1. The highest BCUT2D eigenvalue weighted by molar-refractivity contribution is 5.77. The maximum absolute atomic E-state index is 11.6. The number of fused-ring (bicyclic) bond motifs is 1. The molecule has 0 aliphatic rings. The van der Waals surface area contributed by atoms with Crippen LogP contribution < -0.4 is 10.1 Å². The molecule has 1 aromatic heterocycles. The molecule has 4 aromatic rings. The van der Waals surface area contributed by atoms with Gasteiger partial charge in [-0.1, -0.05) is 60.7 Å². The highest BCUT2D eigenvalue weighted by Crippen LogP contribution is 2.32. The second-order valence-corrected chi connectivity index (χ2v) is 8.94. The molecule has 0 spiro atoms. The SMILES string of the molecule is CC(NC(CCc1ccccc1)c1nc2ccccc2o1)c1ccccc1OC(C)(C)C(=O)O. The number of carboxylic acid groups (broad SMARTS) is 1. The van der Waals surface area contributed by atoms with E-state index in [1.54, 1.807) is 19.9 Å². The molecule has 2 atom stereocenters. The first kappa shape index (κ1) is 23.5. The Morgan fingerprint density at radius 3 is 2.44 bits per heavy atom. The molecule has 0 fully saturated rings. The number of benzene rings is 3. The molecule has 2 N–H and O–H groups in total. The van der Waals surface area contributed by atoms with Crippen molar-refractivity contribution in [1.82, 2.24) is 10.3 Å². The monoisotopic (exact) mass is 458 g/mol. The maximum Gasteiger partial charge on any atom is 0.347 e. The Morgan fingerprint density at radius 2 is 1.71 bits per heavy atom. The van der Waals surface area contributed by atoms with Gasteiger partial charge in [0.25, 0.3) is 0 Å². The molecule has 0 amide bonds. The van der Waals surface area contributed by atoms with Gasteiger partial charge in [0.05, 0.1) is 6.04 Å². The summed E-state index contributed by atoms with van der Waals surface area (Å²) in [4.78, 5) is 16.4. The van der Waals surface area contributed by atoms with Crippen molar-refractivity contribution in [2.75, 3.05) is 0 Å². The maximum atomic E-state index is 11.6. The predicted octanol–water partition coefficient (Wildman–Crippen LogP) is 6.09. The quantitative estimate of drug-likeness (QED) is 0.299. The van der Waals surface area contributed by atoms with Gasteiger partial charge < -0.3 is 14.3 Å². The van der Waals surface area contributed by atoms with Crippen LogP contribution in [0.15, 0.2) is 83.3 Å². The number of nitrogens with zero attached hydrogens (tertiary/aromatic N) is 1. The number of hydrogen-bond donors (Lipinski definition) is 2. The van der Waals surface area contributed by atoms with Crippen LogP contribution in [-0.2, 0) is 11.2 Å². The number of aromatic nitrogens is 1. The van der Waals surface area contributed by atoms with Crippen LogP contribution in [0, 0.1) is 0 Å². The fourth-order valence-corrected chi connectivity index (χ4v) is 3.91. The lowest BCUT2D eigenvalue weighted by atomic mass is 10.0. The third kappa shape index (κ3) is 5.46. The van der Waals surface area contributed by atoms with E-state index < -0.39 is 11.6 Å². The molecule has 0 aliphatic carbocycles. The molecule has 0 radical (unpaired) electrons. The summed E-state index contributed by atoms with van der Waals surface area (Å²) in [7, 11) is 0.